The van der Waals surface area contributed by atoms with E-state index in [0.717, 1.165) is 18.7 Å². The Balaban J connectivity index is 2.31. The normalized spacial score (nSPS) is 24.0. The van der Waals surface area contributed by atoms with Crippen molar-refractivity contribution in [1.82, 2.24) is 4.90 Å². The second-order valence-electron chi connectivity index (χ2n) is 5.88. The molecule has 23 heavy (non-hydrogen) atoms. The molecule has 1 fully saturated rings. The first kappa shape index (κ1) is 18.1. The molecule has 0 N–H and O–H groups in total. The molecule has 1 heterocycles. The second-order valence-corrected chi connectivity index (χ2v) is 7.82. The summed E-state index contributed by atoms with van der Waals surface area (Å²) in [6.45, 7) is 8.38. The summed E-state index contributed by atoms with van der Waals surface area (Å²) >= 11 is 0. The van der Waals surface area contributed by atoms with Gasteiger partial charge in [0.1, 0.15) is 0 Å². The fourth-order valence-electron chi connectivity index (χ4n) is 3.17. The molecule has 0 aliphatic carbocycles. The van der Waals surface area contributed by atoms with Gasteiger partial charge in [0.05, 0.1) is 4.90 Å². The van der Waals surface area contributed by atoms with E-state index >= 15 is 0 Å². The highest BCUT2D eigenvalue weighted by molar-refractivity contribution is 7.92. The van der Waals surface area contributed by atoms with Gasteiger partial charge < -0.3 is 4.90 Å². The third-order valence-corrected chi connectivity index (χ3v) is 5.75. The number of sulfone groups is 1. The fraction of sp³-hybridized carbons (Fsp3) is 0.600. The van der Waals surface area contributed by atoms with Gasteiger partial charge in [0.2, 0.25) is 0 Å². The molecule has 0 aromatic heterocycles. The highest BCUT2D eigenvalue weighted by Gasteiger charge is 2.47. The molecule has 0 bridgehead atoms. The number of hydrogen-bond donors (Lipinski definition) is 0. The minimum absolute atomic E-state index is 0.242. The molecule has 130 valence electrons. The zero-order chi connectivity index (χ0) is 17.4. The lowest BCUT2D eigenvalue weighted by Gasteiger charge is -2.45. The van der Waals surface area contributed by atoms with Gasteiger partial charge in [-0.3, -0.25) is 4.90 Å². The van der Waals surface area contributed by atoms with Gasteiger partial charge in [-0.05, 0) is 38.6 Å². The molecule has 0 spiro atoms. The largest absolute Gasteiger partial charge is 0.501 e. The molecule has 0 saturated carbocycles. The van der Waals surface area contributed by atoms with E-state index in [1.54, 1.807) is 6.07 Å². The molecular weight excluding hydrogens is 329 g/mol. The number of halogens is 3. The summed E-state index contributed by atoms with van der Waals surface area (Å²) in [7, 11) is -5.32. The summed E-state index contributed by atoms with van der Waals surface area (Å²) in [5.41, 5.74) is -4.78. The summed E-state index contributed by atoms with van der Waals surface area (Å²) in [4.78, 5) is 3.55. The zero-order valence-electron chi connectivity index (χ0n) is 13.3. The first-order valence-corrected chi connectivity index (χ1v) is 8.98. The fourth-order valence-corrected chi connectivity index (χ4v) is 3.97. The van der Waals surface area contributed by atoms with Crippen LogP contribution in [0.1, 0.15) is 20.8 Å². The third kappa shape index (κ3) is 3.47. The lowest BCUT2D eigenvalue weighted by molar-refractivity contribution is -0.0436. The minimum atomic E-state index is -5.32. The van der Waals surface area contributed by atoms with E-state index < -0.39 is 20.2 Å². The number of piperazine rings is 1. The average molecular weight is 350 g/mol. The summed E-state index contributed by atoms with van der Waals surface area (Å²) in [6, 6.07) is 5.59. The van der Waals surface area contributed by atoms with E-state index in [0.29, 0.717) is 18.8 Å². The van der Waals surface area contributed by atoms with Gasteiger partial charge in [0.25, 0.3) is 9.84 Å². The first-order chi connectivity index (χ1) is 10.6. The first-order valence-electron chi connectivity index (χ1n) is 7.50. The third-order valence-electron chi connectivity index (χ3n) is 4.26. The van der Waals surface area contributed by atoms with Crippen molar-refractivity contribution in [3.05, 3.63) is 24.3 Å². The standard InChI is InChI=1S/C15H21F3N2O2S/c1-4-20-11(2)9-19(10-12(20)3)13-6-5-7-14(8-13)23(21,22)15(16,17)18/h5-8,11-12H,4,9-10H2,1-3H3. The Morgan fingerprint density at radius 1 is 1.17 bits per heavy atom. The highest BCUT2D eigenvalue weighted by atomic mass is 32.2. The van der Waals surface area contributed by atoms with Crippen LogP contribution in [0.15, 0.2) is 29.2 Å². The van der Waals surface area contributed by atoms with Gasteiger partial charge in [-0.15, -0.1) is 0 Å². The Kier molecular flexibility index (Phi) is 4.96. The summed E-state index contributed by atoms with van der Waals surface area (Å²) < 4.78 is 61.2. The van der Waals surface area contributed by atoms with Crippen molar-refractivity contribution in [1.29, 1.82) is 0 Å². The summed E-state index contributed by atoms with van der Waals surface area (Å²) in [6.07, 6.45) is 0. The van der Waals surface area contributed by atoms with Crippen molar-refractivity contribution in [2.45, 2.75) is 43.3 Å². The number of hydrogen-bond acceptors (Lipinski definition) is 4. The Morgan fingerprint density at radius 2 is 1.74 bits per heavy atom. The van der Waals surface area contributed by atoms with Crippen LogP contribution < -0.4 is 4.90 Å². The van der Waals surface area contributed by atoms with Crippen molar-refractivity contribution in [2.75, 3.05) is 24.5 Å². The Morgan fingerprint density at radius 3 is 2.22 bits per heavy atom. The molecule has 8 heteroatoms. The van der Waals surface area contributed by atoms with Crippen LogP contribution in [-0.2, 0) is 9.84 Å². The average Bonchev–Trinajstić information content (AvgIpc) is 2.46. The molecule has 2 unspecified atom stereocenters. The van der Waals surface area contributed by atoms with Gasteiger partial charge in [0, 0.05) is 30.9 Å². The molecule has 2 rings (SSSR count). The number of benzene rings is 1. The van der Waals surface area contributed by atoms with E-state index in [4.69, 9.17) is 0 Å². The number of nitrogens with zero attached hydrogens (tertiary/aromatic N) is 2. The maximum atomic E-state index is 12.7. The predicted octanol–water partition coefficient (Wildman–Crippen LogP) is 2.90. The van der Waals surface area contributed by atoms with Gasteiger partial charge >= 0.3 is 5.51 Å². The van der Waals surface area contributed by atoms with Crippen LogP contribution in [0.4, 0.5) is 18.9 Å². The quantitative estimate of drug-likeness (QED) is 0.840. The van der Waals surface area contributed by atoms with E-state index in [1.165, 1.54) is 6.07 Å². The molecule has 1 aromatic carbocycles. The van der Waals surface area contributed by atoms with Crippen molar-refractivity contribution in [3.8, 4) is 0 Å². The second kappa shape index (κ2) is 6.32. The lowest BCUT2D eigenvalue weighted by Crippen LogP contribution is -2.56. The molecule has 1 saturated heterocycles. The number of alkyl halides is 3. The van der Waals surface area contributed by atoms with Crippen molar-refractivity contribution < 1.29 is 21.6 Å². The molecule has 0 amide bonds. The van der Waals surface area contributed by atoms with Gasteiger partial charge in [-0.1, -0.05) is 13.0 Å². The van der Waals surface area contributed by atoms with Crippen LogP contribution >= 0.6 is 0 Å². The van der Waals surface area contributed by atoms with Crippen LogP contribution in [0.2, 0.25) is 0 Å². The monoisotopic (exact) mass is 350 g/mol. The van der Waals surface area contributed by atoms with E-state index in [9.17, 15) is 21.6 Å². The molecule has 1 aliphatic rings. The van der Waals surface area contributed by atoms with Crippen LogP contribution in [-0.4, -0.2) is 50.5 Å². The van der Waals surface area contributed by atoms with Crippen molar-refractivity contribution >= 4 is 15.5 Å². The lowest BCUT2D eigenvalue weighted by atomic mass is 10.1. The molecule has 1 aliphatic heterocycles. The van der Waals surface area contributed by atoms with Gasteiger partial charge in [-0.25, -0.2) is 8.42 Å². The van der Waals surface area contributed by atoms with Gasteiger partial charge in [-0.2, -0.15) is 13.2 Å². The molecule has 0 radical (unpaired) electrons. The molecule has 4 nitrogen and oxygen atoms in total. The summed E-state index contributed by atoms with van der Waals surface area (Å²) in [5.74, 6) is 0. The van der Waals surface area contributed by atoms with Crippen molar-refractivity contribution in [2.24, 2.45) is 0 Å². The molecule has 2 atom stereocenters. The zero-order valence-corrected chi connectivity index (χ0v) is 14.2. The number of rotatable bonds is 3. The molecular formula is C15H21F3N2O2S. The Hall–Kier alpha value is -1.28. The van der Waals surface area contributed by atoms with Gasteiger partial charge in [0.15, 0.2) is 0 Å². The van der Waals surface area contributed by atoms with E-state index in [-0.39, 0.29) is 12.1 Å². The highest BCUT2D eigenvalue weighted by Crippen LogP contribution is 2.32. The van der Waals surface area contributed by atoms with E-state index in [2.05, 4.69) is 25.7 Å². The summed E-state index contributed by atoms with van der Waals surface area (Å²) in [5, 5.41) is 0. The van der Waals surface area contributed by atoms with Crippen molar-refractivity contribution in [3.63, 3.8) is 0 Å². The van der Waals surface area contributed by atoms with E-state index in [1.807, 2.05) is 4.90 Å². The maximum Gasteiger partial charge on any atom is 0.501 e. The smallest absolute Gasteiger partial charge is 0.368 e. The molecule has 1 aromatic rings. The maximum absolute atomic E-state index is 12.7. The Labute approximate surface area is 134 Å². The SMILES string of the molecule is CCN1C(C)CN(c2cccc(S(=O)(=O)C(F)(F)F)c2)CC1C. The van der Waals surface area contributed by atoms with Crippen LogP contribution in [0.25, 0.3) is 0 Å². The topological polar surface area (TPSA) is 40.6 Å². The van der Waals surface area contributed by atoms with Crippen LogP contribution in [0, 0.1) is 0 Å². The minimum Gasteiger partial charge on any atom is -0.368 e. The Bertz CT molecular complexity index is 649. The van der Waals surface area contributed by atoms with Crippen LogP contribution in [0.3, 0.4) is 0 Å². The van der Waals surface area contributed by atoms with Crippen LogP contribution in [0.5, 0.6) is 0 Å². The predicted molar refractivity (Wildman–Crippen MR) is 83.2 cm³/mol. The number of likely N-dealkylation sites (N-methyl/N-ethyl adjacent to an activating group) is 1. The number of anilines is 1.